The van der Waals surface area contributed by atoms with Crippen molar-refractivity contribution in [2.45, 2.75) is 0 Å². The van der Waals surface area contributed by atoms with Crippen LogP contribution in [-0.2, 0) is 0 Å². The first-order chi connectivity index (χ1) is 35.2. The van der Waals surface area contributed by atoms with Gasteiger partial charge in [-0.2, -0.15) is 9.97 Å². The first kappa shape index (κ1) is 40.2. The maximum Gasteiger partial charge on any atom is 0.238 e. The van der Waals surface area contributed by atoms with Gasteiger partial charge >= 0.3 is 0 Å². The van der Waals surface area contributed by atoms with E-state index in [9.17, 15) is 0 Å². The molecule has 0 amide bonds. The molecule has 14 aromatic rings. The summed E-state index contributed by atoms with van der Waals surface area (Å²) in [6, 6.07) is 82.7. The van der Waals surface area contributed by atoms with Gasteiger partial charge in [-0.25, -0.2) is 9.83 Å². The van der Waals surface area contributed by atoms with E-state index in [1.807, 2.05) is 54.6 Å². The Labute approximate surface area is 408 Å². The van der Waals surface area contributed by atoms with Gasteiger partial charge in [0.15, 0.2) is 17.3 Å². The van der Waals surface area contributed by atoms with E-state index >= 15 is 0 Å². The van der Waals surface area contributed by atoms with Crippen molar-refractivity contribution in [2.24, 2.45) is 0 Å². The van der Waals surface area contributed by atoms with Crippen molar-refractivity contribution in [3.63, 3.8) is 0 Å². The zero-order chi connectivity index (χ0) is 47.0. The van der Waals surface area contributed by atoms with Crippen LogP contribution in [0.25, 0.3) is 133 Å². The molecule has 71 heavy (non-hydrogen) atoms. The topological polar surface area (TPSA) is 57.8 Å². The van der Waals surface area contributed by atoms with Crippen molar-refractivity contribution in [1.29, 1.82) is 0 Å². The predicted molar refractivity (Wildman–Crippen MR) is 291 cm³/mol. The Kier molecular flexibility index (Phi) is 9.13. The number of hydrogen-bond donors (Lipinski definition) is 0. The highest BCUT2D eigenvalue weighted by atomic mass is 15.2. The second-order valence-electron chi connectivity index (χ2n) is 17.9. The Bertz CT molecular complexity index is 4350. The quantitative estimate of drug-likeness (QED) is 0.150. The second-order valence-corrected chi connectivity index (χ2v) is 17.9. The first-order valence-electron chi connectivity index (χ1n) is 23.7. The summed E-state index contributed by atoms with van der Waals surface area (Å²) in [5.41, 5.74) is 14.7. The van der Waals surface area contributed by atoms with E-state index in [1.54, 1.807) is 0 Å². The highest BCUT2D eigenvalue weighted by Crippen LogP contribution is 2.44. The van der Waals surface area contributed by atoms with Gasteiger partial charge in [0.1, 0.15) is 0 Å². The maximum atomic E-state index is 8.33. The summed E-state index contributed by atoms with van der Waals surface area (Å²) >= 11 is 0. The second kappa shape index (κ2) is 16.1. The van der Waals surface area contributed by atoms with E-state index in [0.717, 1.165) is 99.2 Å². The molecule has 0 saturated carbocycles. The van der Waals surface area contributed by atoms with Crippen LogP contribution < -0.4 is 0 Å². The average molecular weight is 906 g/mol. The summed E-state index contributed by atoms with van der Waals surface area (Å²) in [5.74, 6) is 1.45. The number of rotatable bonds is 7. The zero-order valence-corrected chi connectivity index (χ0v) is 38.1. The molecule has 0 radical (unpaired) electrons. The van der Waals surface area contributed by atoms with Gasteiger partial charge in [0, 0.05) is 49.1 Å². The molecule has 10 aromatic carbocycles. The monoisotopic (exact) mass is 905 g/mol. The molecule has 0 aliphatic rings. The summed E-state index contributed by atoms with van der Waals surface area (Å²) < 4.78 is 6.92. The van der Waals surface area contributed by atoms with Crippen LogP contribution in [0, 0.1) is 6.57 Å². The Morgan fingerprint density at radius 2 is 0.803 bits per heavy atom. The van der Waals surface area contributed by atoms with E-state index in [2.05, 4.69) is 201 Å². The molecule has 330 valence electrons. The third kappa shape index (κ3) is 6.40. The van der Waals surface area contributed by atoms with Crippen molar-refractivity contribution in [1.82, 2.24) is 28.7 Å². The van der Waals surface area contributed by atoms with Crippen molar-refractivity contribution in [2.75, 3.05) is 0 Å². The number of nitrogens with zero attached hydrogens (tertiary/aromatic N) is 7. The van der Waals surface area contributed by atoms with Crippen molar-refractivity contribution < 1.29 is 0 Å². The zero-order valence-electron chi connectivity index (χ0n) is 38.1. The molecular formula is C64H39N7. The van der Waals surface area contributed by atoms with Gasteiger partial charge in [-0.05, 0) is 82.9 Å². The fourth-order valence-corrected chi connectivity index (χ4v) is 10.7. The molecule has 0 N–H and O–H groups in total. The lowest BCUT2D eigenvalue weighted by Crippen LogP contribution is -2.08. The van der Waals surface area contributed by atoms with Gasteiger partial charge in [0.2, 0.25) is 5.95 Å². The lowest BCUT2D eigenvalue weighted by Gasteiger charge is -2.17. The van der Waals surface area contributed by atoms with E-state index in [0.29, 0.717) is 28.8 Å². The molecule has 0 fully saturated rings. The first-order valence-corrected chi connectivity index (χ1v) is 23.7. The number of fused-ring (bicyclic) bond motifs is 10. The number of hydrogen-bond acceptors (Lipinski definition) is 3. The minimum absolute atomic E-state index is 0.452. The lowest BCUT2D eigenvalue weighted by atomic mass is 10.0. The van der Waals surface area contributed by atoms with Crippen LogP contribution in [0.4, 0.5) is 5.69 Å². The smallest absolute Gasteiger partial charge is 0.238 e. The van der Waals surface area contributed by atoms with Crippen LogP contribution in [0.5, 0.6) is 0 Å². The van der Waals surface area contributed by atoms with Crippen molar-refractivity contribution >= 4 is 71.1 Å². The van der Waals surface area contributed by atoms with E-state index in [1.165, 1.54) is 5.39 Å². The third-order valence-electron chi connectivity index (χ3n) is 13.9. The van der Waals surface area contributed by atoms with Gasteiger partial charge in [0.25, 0.3) is 0 Å². The average Bonchev–Trinajstić information content (AvgIpc) is 4.09. The molecule has 0 aliphatic heterocycles. The maximum absolute atomic E-state index is 8.33. The summed E-state index contributed by atoms with van der Waals surface area (Å²) in [6.07, 6.45) is 0. The Morgan fingerprint density at radius 3 is 1.38 bits per heavy atom. The van der Waals surface area contributed by atoms with Gasteiger partial charge in [0.05, 0.1) is 45.4 Å². The minimum Gasteiger partial charge on any atom is -0.307 e. The molecule has 0 bridgehead atoms. The summed E-state index contributed by atoms with van der Waals surface area (Å²) in [7, 11) is 0. The molecule has 4 aromatic heterocycles. The highest BCUT2D eigenvalue weighted by Gasteiger charge is 2.25. The molecule has 14 rings (SSSR count). The Hall–Kier alpha value is -9.90. The van der Waals surface area contributed by atoms with Gasteiger partial charge in [-0.1, -0.05) is 176 Å². The third-order valence-corrected chi connectivity index (χ3v) is 13.9. The van der Waals surface area contributed by atoms with Gasteiger partial charge in [-0.3, -0.25) is 4.57 Å². The fraction of sp³-hybridized carbons (Fsp3) is 0. The summed E-state index contributed by atoms with van der Waals surface area (Å²) in [6.45, 7) is 8.33. The fourth-order valence-electron chi connectivity index (χ4n) is 10.7. The summed E-state index contributed by atoms with van der Waals surface area (Å²) in [4.78, 5) is 20.2. The van der Waals surface area contributed by atoms with E-state index < -0.39 is 0 Å². The van der Waals surface area contributed by atoms with Crippen LogP contribution in [0.3, 0.4) is 0 Å². The molecule has 0 unspecified atom stereocenters. The van der Waals surface area contributed by atoms with Crippen molar-refractivity contribution in [3.8, 4) is 62.4 Å². The van der Waals surface area contributed by atoms with Crippen LogP contribution in [0.1, 0.15) is 0 Å². The van der Waals surface area contributed by atoms with Crippen LogP contribution in [-0.4, -0.2) is 28.7 Å². The van der Waals surface area contributed by atoms with Crippen LogP contribution in [0.15, 0.2) is 237 Å². The normalized spacial score (nSPS) is 11.6. The van der Waals surface area contributed by atoms with Crippen LogP contribution >= 0.6 is 0 Å². The molecular weight excluding hydrogens is 867 g/mol. The molecule has 0 atom stereocenters. The number of para-hydroxylation sites is 3. The molecule has 7 nitrogen and oxygen atoms in total. The molecule has 0 spiro atoms. The minimum atomic E-state index is 0.452. The molecule has 7 heteroatoms. The highest BCUT2D eigenvalue weighted by molar-refractivity contribution is 6.24. The van der Waals surface area contributed by atoms with Gasteiger partial charge < -0.3 is 9.13 Å². The number of aromatic nitrogens is 6. The van der Waals surface area contributed by atoms with Crippen molar-refractivity contribution in [3.05, 3.63) is 248 Å². The SMILES string of the molecule is [C-]#[N+]c1ccc(-n2c3ccccc3c3ccc4c5ccccc5n(-c5ccccc5)c4c32)c(-c2nc(-c3ccccc3)nc(-n3c4ccc(-c5ccccc5)cc4c4cc(-c5ccccc5)ccc43)n2)c1. The standard InChI is InChI=1S/C64H39N7/c1-65-46-32-37-59(70-56-29-17-15-27-49(56)51-34-33-50-48-26-14-16-28-55(48)69(60(50)61(51)70)47-24-12-5-13-25-47)54(40-46)63-66-62(43-22-10-4-11-23-43)67-64(68-63)71-57-35-30-44(41-18-6-2-7-19-41)38-52(57)53-39-45(31-36-58(53)71)42-20-8-3-9-21-42/h2-40H. The predicted octanol–water partition coefficient (Wildman–Crippen LogP) is 16.4. The largest absolute Gasteiger partial charge is 0.307 e. The molecule has 0 aliphatic carbocycles. The van der Waals surface area contributed by atoms with E-state index in [-0.39, 0.29) is 0 Å². The lowest BCUT2D eigenvalue weighted by molar-refractivity contribution is 0.952. The number of benzene rings is 10. The van der Waals surface area contributed by atoms with E-state index in [4.69, 9.17) is 21.5 Å². The molecule has 4 heterocycles. The molecule has 0 saturated heterocycles. The Morgan fingerprint density at radius 1 is 0.324 bits per heavy atom. The summed E-state index contributed by atoms with van der Waals surface area (Å²) in [5, 5.41) is 6.71. The van der Waals surface area contributed by atoms with Crippen LogP contribution in [0.2, 0.25) is 0 Å². The Balaban J connectivity index is 1.08. The van der Waals surface area contributed by atoms with Gasteiger partial charge in [-0.15, -0.1) is 0 Å².